The zero-order valence-electron chi connectivity index (χ0n) is 15.3. The van der Waals surface area contributed by atoms with Crippen LogP contribution in [0.15, 0.2) is 35.5 Å². The van der Waals surface area contributed by atoms with E-state index in [4.69, 9.17) is 9.47 Å². The van der Waals surface area contributed by atoms with Gasteiger partial charge >= 0.3 is 12.0 Å². The summed E-state index contributed by atoms with van der Waals surface area (Å²) in [6.45, 7) is 4.24. The van der Waals surface area contributed by atoms with E-state index >= 15 is 0 Å². The van der Waals surface area contributed by atoms with E-state index in [-0.39, 0.29) is 18.1 Å². The van der Waals surface area contributed by atoms with Gasteiger partial charge in [-0.2, -0.15) is 0 Å². The predicted octanol–water partition coefficient (Wildman–Crippen LogP) is 3.59. The van der Waals surface area contributed by atoms with Crippen LogP contribution in [0.3, 0.4) is 0 Å². The van der Waals surface area contributed by atoms with Crippen molar-refractivity contribution in [2.45, 2.75) is 58.1 Å². The summed E-state index contributed by atoms with van der Waals surface area (Å²) in [7, 11) is 0. The molecule has 0 saturated heterocycles. The molecule has 1 saturated carbocycles. The van der Waals surface area contributed by atoms with Crippen molar-refractivity contribution in [3.05, 3.63) is 41.1 Å². The average Bonchev–Trinajstić information content (AvgIpc) is 2.62. The minimum atomic E-state index is -0.532. The molecular weight excluding hydrogens is 332 g/mol. The van der Waals surface area contributed by atoms with Crippen molar-refractivity contribution in [3.8, 4) is 5.75 Å². The molecule has 2 N–H and O–H groups in total. The van der Waals surface area contributed by atoms with Crippen LogP contribution in [0.5, 0.6) is 5.75 Å². The predicted molar refractivity (Wildman–Crippen MR) is 97.7 cm³/mol. The van der Waals surface area contributed by atoms with Gasteiger partial charge in [-0.25, -0.2) is 9.59 Å². The van der Waals surface area contributed by atoms with E-state index < -0.39 is 6.04 Å². The van der Waals surface area contributed by atoms with Crippen LogP contribution in [0, 0.1) is 0 Å². The SMILES string of the molecule is CCOc1ccc([C@@H]2NC(=O)NC(C)=C2C(=O)OC2CCCCC2)cc1. The van der Waals surface area contributed by atoms with Crippen LogP contribution >= 0.6 is 0 Å². The number of hydrogen-bond donors (Lipinski definition) is 2. The summed E-state index contributed by atoms with van der Waals surface area (Å²) >= 11 is 0. The Balaban J connectivity index is 1.82. The molecule has 0 unspecified atom stereocenters. The van der Waals surface area contributed by atoms with Gasteiger partial charge in [0.2, 0.25) is 0 Å². The van der Waals surface area contributed by atoms with Gasteiger partial charge in [-0.3, -0.25) is 0 Å². The standard InChI is InChI=1S/C20H26N2O4/c1-3-25-15-11-9-14(10-12-15)18-17(13(2)21-20(24)22-18)19(23)26-16-7-5-4-6-8-16/h9-12,16,18H,3-8H2,1-2H3,(H2,21,22,24)/t18-/m0/s1. The van der Waals surface area contributed by atoms with Crippen LogP contribution < -0.4 is 15.4 Å². The lowest BCUT2D eigenvalue weighted by atomic mass is 9.94. The van der Waals surface area contributed by atoms with E-state index in [1.165, 1.54) is 6.42 Å². The topological polar surface area (TPSA) is 76.7 Å². The highest BCUT2D eigenvalue weighted by Crippen LogP contribution is 2.30. The Morgan fingerprint density at radius 2 is 1.85 bits per heavy atom. The molecule has 1 aliphatic heterocycles. The molecule has 0 spiro atoms. The molecule has 2 amide bonds. The maximum atomic E-state index is 12.8. The lowest BCUT2D eigenvalue weighted by molar-refractivity contribution is -0.146. The summed E-state index contributed by atoms with van der Waals surface area (Å²) in [5, 5.41) is 5.52. The Morgan fingerprint density at radius 3 is 2.50 bits per heavy atom. The Hall–Kier alpha value is -2.50. The van der Waals surface area contributed by atoms with Gasteiger partial charge in [-0.1, -0.05) is 18.6 Å². The molecule has 0 aromatic heterocycles. The van der Waals surface area contributed by atoms with Crippen molar-refractivity contribution >= 4 is 12.0 Å². The molecule has 1 aromatic rings. The first kappa shape index (κ1) is 18.3. The Kier molecular flexibility index (Phi) is 5.81. The number of benzene rings is 1. The van der Waals surface area contributed by atoms with E-state index in [1.54, 1.807) is 6.92 Å². The lowest BCUT2D eigenvalue weighted by Gasteiger charge is -2.30. The Morgan fingerprint density at radius 1 is 1.15 bits per heavy atom. The van der Waals surface area contributed by atoms with Crippen molar-refractivity contribution in [1.82, 2.24) is 10.6 Å². The second kappa shape index (κ2) is 8.25. The van der Waals surface area contributed by atoms with Crippen LogP contribution in [-0.4, -0.2) is 24.7 Å². The highest BCUT2D eigenvalue weighted by molar-refractivity contribution is 5.95. The lowest BCUT2D eigenvalue weighted by Crippen LogP contribution is -2.45. The summed E-state index contributed by atoms with van der Waals surface area (Å²) in [4.78, 5) is 24.8. The number of nitrogens with one attached hydrogen (secondary N) is 2. The van der Waals surface area contributed by atoms with Crippen LogP contribution in [0.4, 0.5) is 4.79 Å². The van der Waals surface area contributed by atoms with E-state index in [9.17, 15) is 9.59 Å². The summed E-state index contributed by atoms with van der Waals surface area (Å²) in [5.41, 5.74) is 1.81. The number of carbonyl (C=O) groups is 2. The molecule has 140 valence electrons. The fraction of sp³-hybridized carbons (Fsp3) is 0.500. The quantitative estimate of drug-likeness (QED) is 0.789. The summed E-state index contributed by atoms with van der Waals surface area (Å²) in [6, 6.07) is 6.55. The summed E-state index contributed by atoms with van der Waals surface area (Å²) in [5.74, 6) is 0.393. The normalized spacial score (nSPS) is 21.0. The van der Waals surface area contributed by atoms with Gasteiger partial charge in [-0.05, 0) is 57.2 Å². The minimum Gasteiger partial charge on any atom is -0.494 e. The van der Waals surface area contributed by atoms with Gasteiger partial charge in [0, 0.05) is 5.70 Å². The number of amides is 2. The van der Waals surface area contributed by atoms with E-state index in [0.29, 0.717) is 17.9 Å². The molecular formula is C20H26N2O4. The molecule has 1 heterocycles. The maximum absolute atomic E-state index is 12.8. The maximum Gasteiger partial charge on any atom is 0.338 e. The van der Waals surface area contributed by atoms with E-state index in [0.717, 1.165) is 37.0 Å². The van der Waals surface area contributed by atoms with Crippen molar-refractivity contribution < 1.29 is 19.1 Å². The van der Waals surface area contributed by atoms with Gasteiger partial charge in [0.25, 0.3) is 0 Å². The zero-order valence-corrected chi connectivity index (χ0v) is 15.3. The van der Waals surface area contributed by atoms with Gasteiger partial charge in [-0.15, -0.1) is 0 Å². The Bertz CT molecular complexity index is 690. The first-order valence-corrected chi connectivity index (χ1v) is 9.30. The van der Waals surface area contributed by atoms with Crippen molar-refractivity contribution in [2.24, 2.45) is 0 Å². The second-order valence-electron chi connectivity index (χ2n) is 6.74. The third-order valence-electron chi connectivity index (χ3n) is 4.84. The van der Waals surface area contributed by atoms with Crippen molar-refractivity contribution in [2.75, 3.05) is 6.61 Å². The smallest absolute Gasteiger partial charge is 0.338 e. The van der Waals surface area contributed by atoms with Crippen LogP contribution in [0.25, 0.3) is 0 Å². The number of ether oxygens (including phenoxy) is 2. The first-order chi connectivity index (χ1) is 12.6. The van der Waals surface area contributed by atoms with Gasteiger partial charge in [0.1, 0.15) is 11.9 Å². The largest absolute Gasteiger partial charge is 0.494 e. The molecule has 1 atom stereocenters. The third kappa shape index (κ3) is 4.18. The summed E-state index contributed by atoms with van der Waals surface area (Å²) in [6.07, 6.45) is 5.16. The Labute approximate surface area is 153 Å². The fourth-order valence-corrected chi connectivity index (χ4v) is 3.54. The number of hydrogen-bond acceptors (Lipinski definition) is 4. The molecule has 3 rings (SSSR count). The highest BCUT2D eigenvalue weighted by Gasteiger charge is 2.33. The second-order valence-corrected chi connectivity index (χ2v) is 6.74. The zero-order chi connectivity index (χ0) is 18.5. The van der Waals surface area contributed by atoms with Crippen molar-refractivity contribution in [1.29, 1.82) is 0 Å². The molecule has 2 aliphatic rings. The molecule has 1 aromatic carbocycles. The highest BCUT2D eigenvalue weighted by atomic mass is 16.5. The molecule has 0 radical (unpaired) electrons. The number of esters is 1. The van der Waals surface area contributed by atoms with E-state index in [1.807, 2.05) is 31.2 Å². The average molecular weight is 358 g/mol. The third-order valence-corrected chi connectivity index (χ3v) is 4.84. The van der Waals surface area contributed by atoms with Crippen LogP contribution in [0.2, 0.25) is 0 Å². The molecule has 26 heavy (non-hydrogen) atoms. The monoisotopic (exact) mass is 358 g/mol. The molecule has 6 nitrogen and oxygen atoms in total. The van der Waals surface area contributed by atoms with Gasteiger partial charge in [0.15, 0.2) is 0 Å². The number of rotatable bonds is 5. The molecule has 1 fully saturated rings. The van der Waals surface area contributed by atoms with Crippen LogP contribution in [0.1, 0.15) is 57.6 Å². The minimum absolute atomic E-state index is 0.0323. The molecule has 6 heteroatoms. The molecule has 1 aliphatic carbocycles. The van der Waals surface area contributed by atoms with Crippen molar-refractivity contribution in [3.63, 3.8) is 0 Å². The summed E-state index contributed by atoms with van der Waals surface area (Å²) < 4.78 is 11.2. The number of urea groups is 1. The first-order valence-electron chi connectivity index (χ1n) is 9.30. The van der Waals surface area contributed by atoms with Gasteiger partial charge in [0.05, 0.1) is 18.2 Å². The van der Waals surface area contributed by atoms with Crippen LogP contribution in [-0.2, 0) is 9.53 Å². The number of carbonyl (C=O) groups excluding carboxylic acids is 2. The molecule has 0 bridgehead atoms. The van der Waals surface area contributed by atoms with E-state index in [2.05, 4.69) is 10.6 Å². The number of allylic oxidation sites excluding steroid dienone is 1. The van der Waals surface area contributed by atoms with Gasteiger partial charge < -0.3 is 20.1 Å². The fourth-order valence-electron chi connectivity index (χ4n) is 3.54.